The van der Waals surface area contributed by atoms with Gasteiger partial charge in [-0.05, 0) is 42.5 Å². The molecule has 0 saturated carbocycles. The number of rotatable bonds is 9. The fourth-order valence-electron chi connectivity index (χ4n) is 2.95. The molecule has 0 atom stereocenters. The van der Waals surface area contributed by atoms with Crippen LogP contribution in [0.2, 0.25) is 15.1 Å². The van der Waals surface area contributed by atoms with E-state index in [-0.39, 0.29) is 31.8 Å². The molecule has 0 saturated heterocycles. The number of non-ortho nitro benzene ring substituents is 1. The van der Waals surface area contributed by atoms with Crippen LogP contribution in [0.4, 0.5) is 10.1 Å². The van der Waals surface area contributed by atoms with Crippen LogP contribution in [0.15, 0.2) is 70.7 Å². The molecule has 1 N–H and O–H groups in total. The number of halogens is 4. The van der Waals surface area contributed by atoms with Crippen molar-refractivity contribution in [3.8, 4) is 0 Å². The lowest BCUT2D eigenvalue weighted by Crippen LogP contribution is -2.39. The van der Waals surface area contributed by atoms with Crippen molar-refractivity contribution in [3.05, 3.63) is 103 Å². The number of carbonyl (C=O) groups is 1. The van der Waals surface area contributed by atoms with Crippen molar-refractivity contribution in [2.24, 2.45) is 5.10 Å². The maximum absolute atomic E-state index is 14.4. The number of nitro benzene ring substituents is 1. The lowest BCUT2D eigenvalue weighted by molar-refractivity contribution is -0.384. The molecule has 3 aromatic carbocycles. The minimum Gasteiger partial charge on any atom is -0.272 e. The Bertz CT molecular complexity index is 1420. The van der Waals surface area contributed by atoms with Gasteiger partial charge in [0.2, 0.25) is 10.0 Å². The number of hydrogen-bond donors (Lipinski definition) is 1. The molecule has 0 aliphatic rings. The number of amides is 1. The zero-order chi connectivity index (χ0) is 26.5. The van der Waals surface area contributed by atoms with Crippen molar-refractivity contribution >= 4 is 62.6 Å². The number of sulfonamides is 1. The topological polar surface area (TPSA) is 122 Å². The predicted molar refractivity (Wildman–Crippen MR) is 134 cm³/mol. The van der Waals surface area contributed by atoms with E-state index >= 15 is 0 Å². The van der Waals surface area contributed by atoms with E-state index in [1.807, 2.05) is 0 Å². The van der Waals surface area contributed by atoms with E-state index in [1.54, 1.807) is 0 Å². The maximum Gasteiger partial charge on any atom is 0.270 e. The predicted octanol–water partition coefficient (Wildman–Crippen LogP) is 5.04. The van der Waals surface area contributed by atoms with Gasteiger partial charge in [0.25, 0.3) is 11.6 Å². The fraction of sp³-hybridized carbons (Fsp3) is 0.0909. The monoisotopic (exact) mass is 572 g/mol. The Kier molecular flexibility index (Phi) is 8.98. The normalized spacial score (nSPS) is 11.7. The average molecular weight is 574 g/mol. The first-order chi connectivity index (χ1) is 17.0. The number of carbonyl (C=O) groups excluding carboxylic acids is 1. The summed E-state index contributed by atoms with van der Waals surface area (Å²) in [6.07, 6.45) is 1.07. The first kappa shape index (κ1) is 27.5. The van der Waals surface area contributed by atoms with Gasteiger partial charge >= 0.3 is 0 Å². The molecule has 1 amide bonds. The zero-order valence-corrected chi connectivity index (χ0v) is 21.2. The quantitative estimate of drug-likeness (QED) is 0.218. The molecule has 0 aliphatic heterocycles. The standard InChI is InChI=1S/C22H16Cl3FN4O5S/c23-15-4-7-17(8-5-15)36(34,35)29(12-18-20(25)2-1-3-21(18)26)13-22(31)28-27-11-14-10-16(30(32)33)6-9-19(14)24/h1-11H,12-13H2,(H,28,31)/b27-11-. The third-order valence-corrected chi connectivity index (χ3v) is 7.51. The molecule has 3 rings (SSSR count). The molecule has 36 heavy (non-hydrogen) atoms. The second kappa shape index (κ2) is 11.8. The van der Waals surface area contributed by atoms with Crippen LogP contribution in [-0.4, -0.2) is 36.3 Å². The maximum atomic E-state index is 14.4. The van der Waals surface area contributed by atoms with Gasteiger partial charge in [-0.2, -0.15) is 9.41 Å². The lowest BCUT2D eigenvalue weighted by atomic mass is 10.2. The van der Waals surface area contributed by atoms with Crippen molar-refractivity contribution in [1.82, 2.24) is 9.73 Å². The average Bonchev–Trinajstić information content (AvgIpc) is 2.82. The highest BCUT2D eigenvalue weighted by Crippen LogP contribution is 2.25. The molecular formula is C22H16Cl3FN4O5S. The minimum atomic E-state index is -4.30. The van der Waals surface area contributed by atoms with Crippen LogP contribution in [0.1, 0.15) is 11.1 Å². The summed E-state index contributed by atoms with van der Waals surface area (Å²) in [5.74, 6) is -1.63. The molecule has 0 heterocycles. The van der Waals surface area contributed by atoms with Crippen molar-refractivity contribution in [3.63, 3.8) is 0 Å². The summed E-state index contributed by atoms with van der Waals surface area (Å²) in [7, 11) is -4.30. The third kappa shape index (κ3) is 6.77. The Morgan fingerprint density at radius 2 is 1.78 bits per heavy atom. The number of benzene rings is 3. The van der Waals surface area contributed by atoms with Gasteiger partial charge in [-0.25, -0.2) is 18.2 Å². The summed E-state index contributed by atoms with van der Waals surface area (Å²) in [6, 6.07) is 12.7. The van der Waals surface area contributed by atoms with E-state index in [9.17, 15) is 27.7 Å². The van der Waals surface area contributed by atoms with Crippen molar-refractivity contribution in [1.29, 1.82) is 0 Å². The number of nitrogens with one attached hydrogen (secondary N) is 1. The molecule has 9 nitrogen and oxygen atoms in total. The highest BCUT2D eigenvalue weighted by atomic mass is 35.5. The van der Waals surface area contributed by atoms with E-state index in [1.165, 1.54) is 48.5 Å². The van der Waals surface area contributed by atoms with Crippen LogP contribution in [0, 0.1) is 15.9 Å². The number of hydrazone groups is 1. The summed E-state index contributed by atoms with van der Waals surface area (Å²) < 4.78 is 41.7. The highest BCUT2D eigenvalue weighted by Gasteiger charge is 2.28. The largest absolute Gasteiger partial charge is 0.272 e. The van der Waals surface area contributed by atoms with Gasteiger partial charge in [-0.3, -0.25) is 14.9 Å². The number of nitrogens with zero attached hydrogens (tertiary/aromatic N) is 3. The van der Waals surface area contributed by atoms with Crippen LogP contribution < -0.4 is 5.43 Å². The molecule has 0 aliphatic carbocycles. The van der Waals surface area contributed by atoms with Gasteiger partial charge in [0.1, 0.15) is 5.82 Å². The second-order valence-corrected chi connectivity index (χ2v) is 10.4. The number of nitro groups is 1. The second-order valence-electron chi connectivity index (χ2n) is 7.18. The summed E-state index contributed by atoms with van der Waals surface area (Å²) in [5, 5.41) is 15.0. The van der Waals surface area contributed by atoms with Crippen molar-refractivity contribution < 1.29 is 22.5 Å². The molecule has 0 unspecified atom stereocenters. The van der Waals surface area contributed by atoms with Crippen LogP contribution in [0.3, 0.4) is 0 Å². The Labute approximate surface area is 220 Å². The van der Waals surface area contributed by atoms with E-state index in [0.717, 1.165) is 22.7 Å². The van der Waals surface area contributed by atoms with E-state index < -0.39 is 39.8 Å². The molecule has 0 bridgehead atoms. The fourth-order valence-corrected chi connectivity index (χ4v) is 4.83. The molecule has 0 aromatic heterocycles. The third-order valence-electron chi connectivity index (χ3n) is 4.75. The number of hydrogen-bond acceptors (Lipinski definition) is 6. The Morgan fingerprint density at radius 3 is 2.42 bits per heavy atom. The van der Waals surface area contributed by atoms with Gasteiger partial charge < -0.3 is 0 Å². The van der Waals surface area contributed by atoms with E-state index in [2.05, 4.69) is 10.5 Å². The van der Waals surface area contributed by atoms with E-state index in [4.69, 9.17) is 34.8 Å². The van der Waals surface area contributed by atoms with Crippen LogP contribution in [0.25, 0.3) is 0 Å². The molecule has 14 heteroatoms. The minimum absolute atomic E-state index is 0.0231. The van der Waals surface area contributed by atoms with E-state index in [0.29, 0.717) is 5.02 Å². The van der Waals surface area contributed by atoms with Gasteiger partial charge in [-0.1, -0.05) is 40.9 Å². The van der Waals surface area contributed by atoms with Gasteiger partial charge in [0.05, 0.1) is 22.6 Å². The highest BCUT2D eigenvalue weighted by molar-refractivity contribution is 7.89. The van der Waals surface area contributed by atoms with Gasteiger partial charge in [0, 0.05) is 44.9 Å². The molecule has 3 aromatic rings. The molecule has 0 spiro atoms. The first-order valence-electron chi connectivity index (χ1n) is 9.93. The zero-order valence-electron chi connectivity index (χ0n) is 18.1. The van der Waals surface area contributed by atoms with Crippen LogP contribution >= 0.6 is 34.8 Å². The summed E-state index contributed by atoms with van der Waals surface area (Å²) >= 11 is 17.9. The SMILES string of the molecule is O=C(CN(Cc1c(F)cccc1Cl)S(=O)(=O)c1ccc(Cl)cc1)N/N=C\c1cc([N+](=O)[O-])ccc1Cl. The molecule has 0 radical (unpaired) electrons. The van der Waals surface area contributed by atoms with Gasteiger partial charge in [-0.15, -0.1) is 0 Å². The molecule has 188 valence electrons. The summed E-state index contributed by atoms with van der Waals surface area (Å²) in [6.45, 7) is -1.31. The molecule has 0 fully saturated rings. The van der Waals surface area contributed by atoms with Crippen molar-refractivity contribution in [2.75, 3.05) is 6.54 Å². The van der Waals surface area contributed by atoms with Crippen molar-refractivity contribution in [2.45, 2.75) is 11.4 Å². The Morgan fingerprint density at radius 1 is 1.08 bits per heavy atom. The smallest absolute Gasteiger partial charge is 0.270 e. The summed E-state index contributed by atoms with van der Waals surface area (Å²) in [4.78, 5) is 22.7. The lowest BCUT2D eigenvalue weighted by Gasteiger charge is -2.22. The van der Waals surface area contributed by atoms with Gasteiger partial charge in [0.15, 0.2) is 0 Å². The van der Waals surface area contributed by atoms with Crippen LogP contribution in [0.5, 0.6) is 0 Å². The molecular weight excluding hydrogens is 558 g/mol. The Balaban J connectivity index is 1.85. The Hall–Kier alpha value is -3.09. The summed E-state index contributed by atoms with van der Waals surface area (Å²) in [5.41, 5.74) is 1.91. The van der Waals surface area contributed by atoms with Crippen LogP contribution in [-0.2, 0) is 21.4 Å². The first-order valence-corrected chi connectivity index (χ1v) is 12.5.